The maximum Gasteiger partial charge on any atom is 0.258 e. The zero-order valence-corrected chi connectivity index (χ0v) is 9.82. The van der Waals surface area contributed by atoms with E-state index in [-0.39, 0.29) is 5.91 Å². The molecule has 19 heavy (non-hydrogen) atoms. The Kier molecular flexibility index (Phi) is 2.77. The number of carbonyl (C=O) groups is 1. The molecule has 2 aromatic heterocycles. The highest BCUT2D eigenvalue weighted by Crippen LogP contribution is 2.13. The van der Waals surface area contributed by atoms with E-state index < -0.39 is 0 Å². The van der Waals surface area contributed by atoms with Gasteiger partial charge >= 0.3 is 0 Å². The van der Waals surface area contributed by atoms with Gasteiger partial charge in [0.05, 0.1) is 17.4 Å². The van der Waals surface area contributed by atoms with E-state index in [1.165, 1.54) is 12.5 Å². The minimum absolute atomic E-state index is 0.206. The van der Waals surface area contributed by atoms with Crippen LogP contribution in [0.25, 0.3) is 5.69 Å². The molecule has 3 rings (SSSR count). The van der Waals surface area contributed by atoms with Crippen LogP contribution in [0.15, 0.2) is 49.3 Å². The first-order chi connectivity index (χ1) is 9.33. The van der Waals surface area contributed by atoms with Crippen molar-refractivity contribution in [3.05, 3.63) is 54.9 Å². The van der Waals surface area contributed by atoms with Gasteiger partial charge in [-0.05, 0) is 24.3 Å². The van der Waals surface area contributed by atoms with Crippen molar-refractivity contribution in [2.45, 2.75) is 0 Å². The Labute approximate surface area is 108 Å². The maximum absolute atomic E-state index is 11.8. The van der Waals surface area contributed by atoms with Crippen molar-refractivity contribution in [3.63, 3.8) is 0 Å². The summed E-state index contributed by atoms with van der Waals surface area (Å²) in [5.41, 5.74) is 2.06. The van der Waals surface area contributed by atoms with Gasteiger partial charge in [-0.1, -0.05) is 0 Å². The summed E-state index contributed by atoms with van der Waals surface area (Å²) in [4.78, 5) is 15.7. The number of rotatable bonds is 3. The molecule has 0 fully saturated rings. The molecule has 2 heterocycles. The average Bonchev–Trinajstić information content (AvgIpc) is 3.13. The van der Waals surface area contributed by atoms with Gasteiger partial charge in [0.2, 0.25) is 0 Å². The van der Waals surface area contributed by atoms with Crippen molar-refractivity contribution in [1.29, 1.82) is 0 Å². The van der Waals surface area contributed by atoms with E-state index in [4.69, 9.17) is 0 Å². The van der Waals surface area contributed by atoms with Gasteiger partial charge in [-0.2, -0.15) is 10.2 Å². The maximum atomic E-state index is 11.8. The van der Waals surface area contributed by atoms with Gasteiger partial charge in [0.1, 0.15) is 12.7 Å². The molecule has 0 bridgehead atoms. The second-order valence-corrected chi connectivity index (χ2v) is 3.83. The molecule has 94 valence electrons. The fourth-order valence-electron chi connectivity index (χ4n) is 1.62. The molecule has 0 spiro atoms. The Morgan fingerprint density at radius 1 is 1.26 bits per heavy atom. The highest BCUT2D eigenvalue weighted by molar-refractivity contribution is 6.03. The molecule has 7 heteroatoms. The molecule has 0 atom stereocenters. The monoisotopic (exact) mass is 254 g/mol. The van der Waals surface area contributed by atoms with Gasteiger partial charge in [0.25, 0.3) is 5.91 Å². The first kappa shape index (κ1) is 11.1. The van der Waals surface area contributed by atoms with E-state index >= 15 is 0 Å². The largest absolute Gasteiger partial charge is 0.322 e. The molecule has 0 unspecified atom stereocenters. The van der Waals surface area contributed by atoms with Crippen LogP contribution in [0.1, 0.15) is 10.4 Å². The van der Waals surface area contributed by atoms with E-state index in [1.54, 1.807) is 29.3 Å². The number of carbonyl (C=O) groups excluding carboxylic acids is 1. The third kappa shape index (κ3) is 2.34. The van der Waals surface area contributed by atoms with Gasteiger partial charge in [0, 0.05) is 11.9 Å². The van der Waals surface area contributed by atoms with Crippen LogP contribution in [0.3, 0.4) is 0 Å². The standard InChI is InChI=1S/C12H10N6O/c19-12(9-5-14-15-6-9)17-10-1-3-11(4-2-10)18-8-13-7-16-18/h1-8H,(H,14,15)(H,17,19). The molecule has 0 aliphatic rings. The van der Waals surface area contributed by atoms with Crippen LogP contribution in [0.4, 0.5) is 5.69 Å². The summed E-state index contributed by atoms with van der Waals surface area (Å²) in [6.45, 7) is 0. The predicted molar refractivity (Wildman–Crippen MR) is 67.9 cm³/mol. The third-order valence-electron chi connectivity index (χ3n) is 2.57. The minimum atomic E-state index is -0.206. The number of hydrogen-bond donors (Lipinski definition) is 2. The van der Waals surface area contributed by atoms with Crippen molar-refractivity contribution in [2.24, 2.45) is 0 Å². The average molecular weight is 254 g/mol. The van der Waals surface area contributed by atoms with Crippen molar-refractivity contribution >= 4 is 11.6 Å². The summed E-state index contributed by atoms with van der Waals surface area (Å²) in [5.74, 6) is -0.206. The topological polar surface area (TPSA) is 88.5 Å². The molecule has 1 amide bonds. The molecule has 0 saturated heterocycles. The summed E-state index contributed by atoms with van der Waals surface area (Å²) >= 11 is 0. The number of nitrogens with zero attached hydrogens (tertiary/aromatic N) is 4. The normalized spacial score (nSPS) is 10.3. The number of hydrogen-bond acceptors (Lipinski definition) is 4. The highest BCUT2D eigenvalue weighted by atomic mass is 16.1. The van der Waals surface area contributed by atoms with Gasteiger partial charge in [0.15, 0.2) is 0 Å². The fraction of sp³-hybridized carbons (Fsp3) is 0. The molecule has 0 aliphatic carbocycles. The van der Waals surface area contributed by atoms with Gasteiger partial charge in [-0.3, -0.25) is 9.89 Å². The van der Waals surface area contributed by atoms with Crippen LogP contribution in [0, 0.1) is 0 Å². The van der Waals surface area contributed by atoms with Crippen LogP contribution in [0.5, 0.6) is 0 Å². The Bertz CT molecular complexity index is 657. The molecule has 0 radical (unpaired) electrons. The molecule has 2 N–H and O–H groups in total. The van der Waals surface area contributed by atoms with Gasteiger partial charge in [-0.25, -0.2) is 9.67 Å². The molecule has 3 aromatic rings. The van der Waals surface area contributed by atoms with Gasteiger partial charge in [-0.15, -0.1) is 0 Å². The van der Waals surface area contributed by atoms with E-state index in [0.717, 1.165) is 5.69 Å². The van der Waals surface area contributed by atoms with Crippen LogP contribution < -0.4 is 5.32 Å². The van der Waals surface area contributed by atoms with E-state index in [9.17, 15) is 4.79 Å². The van der Waals surface area contributed by atoms with Crippen LogP contribution >= 0.6 is 0 Å². The Morgan fingerprint density at radius 2 is 2.11 bits per heavy atom. The molecule has 7 nitrogen and oxygen atoms in total. The number of benzene rings is 1. The number of H-pyrrole nitrogens is 1. The number of aromatic nitrogens is 5. The Hall–Kier alpha value is -2.96. The van der Waals surface area contributed by atoms with Crippen molar-refractivity contribution in [3.8, 4) is 5.69 Å². The van der Waals surface area contributed by atoms with Crippen LogP contribution in [0.2, 0.25) is 0 Å². The fourth-order valence-corrected chi connectivity index (χ4v) is 1.62. The predicted octanol–water partition coefficient (Wildman–Crippen LogP) is 1.24. The Morgan fingerprint density at radius 3 is 2.74 bits per heavy atom. The zero-order chi connectivity index (χ0) is 13.1. The van der Waals surface area contributed by atoms with E-state index in [0.29, 0.717) is 11.3 Å². The van der Waals surface area contributed by atoms with E-state index in [1.807, 2.05) is 12.1 Å². The lowest BCUT2D eigenvalue weighted by Crippen LogP contribution is -2.10. The van der Waals surface area contributed by atoms with Crippen molar-refractivity contribution < 1.29 is 4.79 Å². The molecular weight excluding hydrogens is 244 g/mol. The first-order valence-electron chi connectivity index (χ1n) is 5.58. The molecule has 0 aliphatic heterocycles. The summed E-state index contributed by atoms with van der Waals surface area (Å²) in [6.07, 6.45) is 6.09. The quantitative estimate of drug-likeness (QED) is 0.736. The number of anilines is 1. The van der Waals surface area contributed by atoms with Crippen LogP contribution in [-0.2, 0) is 0 Å². The molecular formula is C12H10N6O. The third-order valence-corrected chi connectivity index (χ3v) is 2.57. The van der Waals surface area contributed by atoms with Crippen LogP contribution in [-0.4, -0.2) is 30.9 Å². The number of nitrogens with one attached hydrogen (secondary N) is 2. The SMILES string of the molecule is O=C(Nc1ccc(-n2cncn2)cc1)c1cn[nH]c1. The highest BCUT2D eigenvalue weighted by Gasteiger charge is 2.06. The molecule has 1 aromatic carbocycles. The minimum Gasteiger partial charge on any atom is -0.322 e. The first-order valence-corrected chi connectivity index (χ1v) is 5.58. The lowest BCUT2D eigenvalue weighted by atomic mass is 10.2. The van der Waals surface area contributed by atoms with E-state index in [2.05, 4.69) is 25.6 Å². The van der Waals surface area contributed by atoms with Gasteiger partial charge < -0.3 is 5.32 Å². The second kappa shape index (κ2) is 4.73. The number of aromatic amines is 1. The van der Waals surface area contributed by atoms with Crippen molar-refractivity contribution in [2.75, 3.05) is 5.32 Å². The Balaban J connectivity index is 1.75. The second-order valence-electron chi connectivity index (χ2n) is 3.83. The summed E-state index contributed by atoms with van der Waals surface area (Å²) in [7, 11) is 0. The summed E-state index contributed by atoms with van der Waals surface area (Å²) in [5, 5.41) is 13.1. The van der Waals surface area contributed by atoms with Crippen molar-refractivity contribution in [1.82, 2.24) is 25.0 Å². The zero-order valence-electron chi connectivity index (χ0n) is 9.82. The lowest BCUT2D eigenvalue weighted by molar-refractivity contribution is 0.102. The number of amides is 1. The lowest BCUT2D eigenvalue weighted by Gasteiger charge is -2.05. The summed E-state index contributed by atoms with van der Waals surface area (Å²) < 4.78 is 1.64. The summed E-state index contributed by atoms with van der Waals surface area (Å²) in [6, 6.07) is 7.29. The smallest absolute Gasteiger partial charge is 0.258 e. The molecule has 0 saturated carbocycles.